The van der Waals surface area contributed by atoms with Crippen LogP contribution in [0.5, 0.6) is 0 Å². The van der Waals surface area contributed by atoms with E-state index in [9.17, 15) is 13.2 Å². The number of alkyl halides is 3. The van der Waals surface area contributed by atoms with Crippen LogP contribution in [-0.4, -0.2) is 22.5 Å². The van der Waals surface area contributed by atoms with Crippen LogP contribution in [0.1, 0.15) is 44.5 Å². The zero-order chi connectivity index (χ0) is 13.3. The van der Waals surface area contributed by atoms with E-state index in [1.807, 2.05) is 24.6 Å². The third-order valence-electron chi connectivity index (χ3n) is 3.42. The largest absolute Gasteiger partial charge is 0.393 e. The Morgan fingerprint density at radius 2 is 2.11 bits per heavy atom. The van der Waals surface area contributed by atoms with Crippen LogP contribution in [0.15, 0.2) is 12.3 Å². The van der Waals surface area contributed by atoms with Crippen molar-refractivity contribution in [2.24, 2.45) is 5.92 Å². The molecule has 1 aliphatic rings. The highest BCUT2D eigenvalue weighted by molar-refractivity contribution is 5.09. The Kier molecular flexibility index (Phi) is 3.66. The van der Waals surface area contributed by atoms with Crippen molar-refractivity contribution in [3.63, 3.8) is 0 Å². The van der Waals surface area contributed by atoms with Gasteiger partial charge in [-0.1, -0.05) is 0 Å². The van der Waals surface area contributed by atoms with Crippen molar-refractivity contribution in [3.05, 3.63) is 18.0 Å². The van der Waals surface area contributed by atoms with Crippen LogP contribution in [0.4, 0.5) is 13.2 Å². The molecule has 1 N–H and O–H groups in total. The topological polar surface area (TPSA) is 29.9 Å². The van der Waals surface area contributed by atoms with E-state index < -0.39 is 12.1 Å². The first kappa shape index (κ1) is 13.4. The van der Waals surface area contributed by atoms with Crippen LogP contribution < -0.4 is 5.32 Å². The summed E-state index contributed by atoms with van der Waals surface area (Å²) in [4.78, 5) is 0. The van der Waals surface area contributed by atoms with Crippen molar-refractivity contribution >= 4 is 0 Å². The maximum atomic E-state index is 12.6. The average Bonchev–Trinajstić information content (AvgIpc) is 2.77. The van der Waals surface area contributed by atoms with Crippen molar-refractivity contribution in [2.45, 2.75) is 44.9 Å². The van der Waals surface area contributed by atoms with Gasteiger partial charge in [0.15, 0.2) is 0 Å². The fourth-order valence-electron chi connectivity index (χ4n) is 2.42. The van der Waals surface area contributed by atoms with Crippen LogP contribution in [0.3, 0.4) is 0 Å². The lowest BCUT2D eigenvalue weighted by molar-refractivity contribution is -0.179. The minimum atomic E-state index is -4.09. The summed E-state index contributed by atoms with van der Waals surface area (Å²) in [6.45, 7) is 4.02. The second kappa shape index (κ2) is 4.91. The normalized spacial score (nSPS) is 25.7. The molecule has 18 heavy (non-hydrogen) atoms. The van der Waals surface area contributed by atoms with Gasteiger partial charge in [0.1, 0.15) is 0 Å². The summed E-state index contributed by atoms with van der Waals surface area (Å²) in [6.07, 6.45) is -1.70. The first-order valence-electron chi connectivity index (χ1n) is 6.23. The van der Waals surface area contributed by atoms with Crippen molar-refractivity contribution < 1.29 is 13.2 Å². The van der Waals surface area contributed by atoms with E-state index in [2.05, 4.69) is 10.4 Å². The predicted octanol–water partition coefficient (Wildman–Crippen LogP) is 3.07. The summed E-state index contributed by atoms with van der Waals surface area (Å²) < 4.78 is 39.5. The monoisotopic (exact) mass is 261 g/mol. The van der Waals surface area contributed by atoms with Gasteiger partial charge >= 0.3 is 6.18 Å². The molecule has 2 atom stereocenters. The minimum absolute atomic E-state index is 0.00254. The van der Waals surface area contributed by atoms with Crippen molar-refractivity contribution in [1.82, 2.24) is 15.1 Å². The van der Waals surface area contributed by atoms with Crippen LogP contribution >= 0.6 is 0 Å². The molecule has 0 amide bonds. The summed E-state index contributed by atoms with van der Waals surface area (Å²) in [5.74, 6) is -1.22. The Bertz CT molecular complexity index is 390. The van der Waals surface area contributed by atoms with Crippen LogP contribution in [0.2, 0.25) is 0 Å². The Morgan fingerprint density at radius 1 is 1.39 bits per heavy atom. The molecule has 1 aromatic rings. The fourth-order valence-corrected chi connectivity index (χ4v) is 2.42. The predicted molar refractivity (Wildman–Crippen MR) is 62.1 cm³/mol. The molecule has 0 spiro atoms. The molecule has 0 saturated carbocycles. The molecule has 0 radical (unpaired) electrons. The molecular weight excluding hydrogens is 243 g/mol. The van der Waals surface area contributed by atoms with Crippen molar-refractivity contribution in [3.8, 4) is 0 Å². The van der Waals surface area contributed by atoms with E-state index >= 15 is 0 Å². The first-order valence-corrected chi connectivity index (χ1v) is 6.23. The maximum absolute atomic E-state index is 12.6. The summed E-state index contributed by atoms with van der Waals surface area (Å²) in [6, 6.07) is 2.08. The van der Waals surface area contributed by atoms with Crippen molar-refractivity contribution in [1.29, 1.82) is 0 Å². The van der Waals surface area contributed by atoms with Gasteiger partial charge in [0, 0.05) is 24.8 Å². The molecule has 1 aliphatic heterocycles. The van der Waals surface area contributed by atoms with Gasteiger partial charge in [0.2, 0.25) is 0 Å². The average molecular weight is 261 g/mol. The molecule has 102 valence electrons. The quantitative estimate of drug-likeness (QED) is 0.886. The highest BCUT2D eigenvalue weighted by Gasteiger charge is 2.41. The summed E-state index contributed by atoms with van der Waals surface area (Å²) in [5, 5.41) is 7.21. The van der Waals surface area contributed by atoms with Gasteiger partial charge in [-0.15, -0.1) is 0 Å². The molecule has 3 nitrogen and oxygen atoms in total. The zero-order valence-corrected chi connectivity index (χ0v) is 10.5. The summed E-state index contributed by atoms with van der Waals surface area (Å²) >= 11 is 0. The molecule has 0 bridgehead atoms. The van der Waals surface area contributed by atoms with Gasteiger partial charge in [0.05, 0.1) is 11.6 Å². The number of hydrogen-bond acceptors (Lipinski definition) is 2. The third kappa shape index (κ3) is 2.68. The van der Waals surface area contributed by atoms with Crippen molar-refractivity contribution in [2.75, 3.05) is 6.54 Å². The lowest BCUT2D eigenvalue weighted by atomic mass is 9.92. The Balaban J connectivity index is 2.04. The second-order valence-corrected chi connectivity index (χ2v) is 5.07. The molecule has 2 rings (SSSR count). The lowest BCUT2D eigenvalue weighted by Crippen LogP contribution is -2.40. The maximum Gasteiger partial charge on any atom is 0.393 e. The fraction of sp³-hybridized carbons (Fsp3) is 0.750. The molecular formula is C12H18F3N3. The Morgan fingerprint density at radius 3 is 2.61 bits per heavy atom. The van der Waals surface area contributed by atoms with Gasteiger partial charge in [-0.2, -0.15) is 18.3 Å². The number of rotatable bonds is 2. The SMILES string of the molecule is CC(C)n1nccc1C1CCC(C(F)(F)F)CN1. The number of nitrogens with zero attached hydrogens (tertiary/aromatic N) is 2. The van der Waals surface area contributed by atoms with Crippen LogP contribution in [0, 0.1) is 5.92 Å². The van der Waals surface area contributed by atoms with E-state index in [-0.39, 0.29) is 25.0 Å². The first-order chi connectivity index (χ1) is 8.39. The zero-order valence-electron chi connectivity index (χ0n) is 10.5. The Labute approximate surface area is 104 Å². The summed E-state index contributed by atoms with van der Waals surface area (Å²) in [5.41, 5.74) is 0.977. The van der Waals surface area contributed by atoms with E-state index in [1.54, 1.807) is 6.20 Å². The van der Waals surface area contributed by atoms with E-state index in [0.29, 0.717) is 6.42 Å². The highest BCUT2D eigenvalue weighted by Crippen LogP contribution is 2.35. The second-order valence-electron chi connectivity index (χ2n) is 5.07. The van der Waals surface area contributed by atoms with Gasteiger partial charge in [-0.05, 0) is 32.8 Å². The number of aromatic nitrogens is 2. The molecule has 2 heterocycles. The smallest absolute Gasteiger partial charge is 0.308 e. The molecule has 6 heteroatoms. The van der Waals surface area contributed by atoms with E-state index in [4.69, 9.17) is 0 Å². The van der Waals surface area contributed by atoms with Gasteiger partial charge in [0.25, 0.3) is 0 Å². The lowest BCUT2D eigenvalue weighted by Gasteiger charge is -2.31. The third-order valence-corrected chi connectivity index (χ3v) is 3.42. The van der Waals surface area contributed by atoms with Gasteiger partial charge in [-0.25, -0.2) is 0 Å². The van der Waals surface area contributed by atoms with E-state index in [0.717, 1.165) is 5.69 Å². The highest BCUT2D eigenvalue weighted by atomic mass is 19.4. The van der Waals surface area contributed by atoms with Gasteiger partial charge in [-0.3, -0.25) is 4.68 Å². The molecule has 0 aromatic carbocycles. The molecule has 1 aromatic heterocycles. The number of piperidine rings is 1. The van der Waals surface area contributed by atoms with Crippen LogP contribution in [0.25, 0.3) is 0 Å². The molecule has 1 saturated heterocycles. The van der Waals surface area contributed by atoms with Gasteiger partial charge < -0.3 is 5.32 Å². The molecule has 2 unspecified atom stereocenters. The number of hydrogen-bond donors (Lipinski definition) is 1. The number of halogens is 3. The number of nitrogens with one attached hydrogen (secondary N) is 1. The van der Waals surface area contributed by atoms with Crippen LogP contribution in [-0.2, 0) is 0 Å². The molecule has 0 aliphatic carbocycles. The minimum Gasteiger partial charge on any atom is -0.308 e. The van der Waals surface area contributed by atoms with E-state index in [1.165, 1.54) is 0 Å². The standard InChI is InChI=1S/C12H18F3N3/c1-8(2)18-11(5-6-17-18)10-4-3-9(7-16-10)12(13,14)15/h5-6,8-10,16H,3-4,7H2,1-2H3. The summed E-state index contributed by atoms with van der Waals surface area (Å²) in [7, 11) is 0. The Hall–Kier alpha value is -1.04. The molecule has 1 fully saturated rings.